The predicted molar refractivity (Wildman–Crippen MR) is 72.3 cm³/mol. The molecule has 0 aromatic carbocycles. The molecule has 0 saturated carbocycles. The first-order valence-electron chi connectivity index (χ1n) is 7.20. The molecule has 2 heterocycles. The third kappa shape index (κ3) is 4.38. The molecule has 0 bridgehead atoms. The summed E-state index contributed by atoms with van der Waals surface area (Å²) in [7, 11) is 0. The van der Waals surface area contributed by atoms with E-state index >= 15 is 0 Å². The van der Waals surface area contributed by atoms with Crippen molar-refractivity contribution in [2.24, 2.45) is 5.73 Å². The van der Waals surface area contributed by atoms with Gasteiger partial charge in [0, 0.05) is 12.7 Å². The second-order valence-corrected chi connectivity index (χ2v) is 5.12. The fraction of sp³-hybridized carbons (Fsp3) is 0.846. The lowest BCUT2D eigenvalue weighted by molar-refractivity contribution is 0.217. The number of nitrogens with two attached hydrogens (primary N) is 1. The smallest absolute Gasteiger partial charge is 0.0827 e. The Kier molecular flexibility index (Phi) is 5.61. The molecule has 0 radical (unpaired) electrons. The van der Waals surface area contributed by atoms with Gasteiger partial charge in [0.2, 0.25) is 0 Å². The molecule has 1 aliphatic rings. The molecule has 5 heteroatoms. The number of rotatable bonds is 7. The molecule has 1 aromatic rings. The molecule has 0 amide bonds. The van der Waals surface area contributed by atoms with Gasteiger partial charge in [0.15, 0.2) is 0 Å². The van der Waals surface area contributed by atoms with E-state index in [4.69, 9.17) is 5.73 Å². The highest BCUT2D eigenvalue weighted by atomic mass is 15.4. The van der Waals surface area contributed by atoms with Crippen molar-refractivity contribution < 1.29 is 0 Å². The maximum absolute atomic E-state index is 5.48. The molecule has 102 valence electrons. The van der Waals surface area contributed by atoms with E-state index in [0.717, 1.165) is 44.6 Å². The molecular formula is C13H25N5. The Morgan fingerprint density at radius 1 is 1.11 bits per heavy atom. The summed E-state index contributed by atoms with van der Waals surface area (Å²) >= 11 is 0. The number of hydrogen-bond acceptors (Lipinski definition) is 4. The third-order valence-corrected chi connectivity index (χ3v) is 3.57. The van der Waals surface area contributed by atoms with Crippen LogP contribution in [0.3, 0.4) is 0 Å². The Morgan fingerprint density at radius 3 is 2.72 bits per heavy atom. The highest BCUT2D eigenvalue weighted by Gasteiger charge is 2.10. The fourth-order valence-electron chi connectivity index (χ4n) is 2.44. The van der Waals surface area contributed by atoms with Gasteiger partial charge >= 0.3 is 0 Å². The zero-order chi connectivity index (χ0) is 12.6. The summed E-state index contributed by atoms with van der Waals surface area (Å²) in [4.78, 5) is 2.53. The zero-order valence-corrected chi connectivity index (χ0v) is 11.2. The molecule has 1 saturated heterocycles. The molecule has 0 unspecified atom stereocenters. The largest absolute Gasteiger partial charge is 0.330 e. The van der Waals surface area contributed by atoms with E-state index in [1.807, 2.05) is 4.68 Å². The normalized spacial score (nSPS) is 17.2. The molecule has 0 atom stereocenters. The van der Waals surface area contributed by atoms with Crippen LogP contribution in [0.5, 0.6) is 0 Å². The summed E-state index contributed by atoms with van der Waals surface area (Å²) in [5, 5.41) is 8.39. The molecule has 5 nitrogen and oxygen atoms in total. The monoisotopic (exact) mass is 251 g/mol. The van der Waals surface area contributed by atoms with E-state index in [2.05, 4.69) is 21.4 Å². The van der Waals surface area contributed by atoms with E-state index < -0.39 is 0 Å². The van der Waals surface area contributed by atoms with Crippen molar-refractivity contribution in [1.82, 2.24) is 19.9 Å². The summed E-state index contributed by atoms with van der Waals surface area (Å²) in [6.45, 7) is 5.33. The van der Waals surface area contributed by atoms with E-state index in [1.165, 1.54) is 32.4 Å². The minimum absolute atomic E-state index is 0.767. The maximum Gasteiger partial charge on any atom is 0.0827 e. The van der Waals surface area contributed by atoms with Crippen LogP contribution in [0, 0.1) is 0 Å². The number of hydrogen-bond donors (Lipinski definition) is 1. The van der Waals surface area contributed by atoms with Crippen molar-refractivity contribution in [2.75, 3.05) is 26.2 Å². The molecule has 18 heavy (non-hydrogen) atoms. The van der Waals surface area contributed by atoms with Gasteiger partial charge in [0.05, 0.1) is 12.2 Å². The lowest BCUT2D eigenvalue weighted by atomic mass is 10.1. The van der Waals surface area contributed by atoms with Crippen LogP contribution in [0.2, 0.25) is 0 Å². The van der Waals surface area contributed by atoms with Crippen LogP contribution < -0.4 is 5.73 Å². The van der Waals surface area contributed by atoms with Gasteiger partial charge in [-0.15, -0.1) is 5.10 Å². The average Bonchev–Trinajstić information content (AvgIpc) is 2.86. The summed E-state index contributed by atoms with van der Waals surface area (Å²) in [6.07, 6.45) is 9.36. The Balaban J connectivity index is 1.69. The van der Waals surface area contributed by atoms with Crippen LogP contribution in [0.1, 0.15) is 37.8 Å². The van der Waals surface area contributed by atoms with Crippen molar-refractivity contribution >= 4 is 0 Å². The summed E-state index contributed by atoms with van der Waals surface area (Å²) < 4.78 is 1.98. The van der Waals surface area contributed by atoms with Crippen molar-refractivity contribution in [3.05, 3.63) is 11.9 Å². The van der Waals surface area contributed by atoms with E-state index in [-0.39, 0.29) is 0 Å². The van der Waals surface area contributed by atoms with Gasteiger partial charge in [-0.3, -0.25) is 4.68 Å². The van der Waals surface area contributed by atoms with Gasteiger partial charge in [0.25, 0.3) is 0 Å². The molecule has 0 aliphatic carbocycles. The summed E-state index contributed by atoms with van der Waals surface area (Å²) in [6, 6.07) is 0. The highest BCUT2D eigenvalue weighted by molar-refractivity contribution is 4.92. The Hall–Kier alpha value is -0.940. The van der Waals surface area contributed by atoms with Gasteiger partial charge in [0.1, 0.15) is 0 Å². The SMILES string of the molecule is NCCCCc1cn(CCN2CCCCC2)nn1. The maximum atomic E-state index is 5.48. The summed E-state index contributed by atoms with van der Waals surface area (Å²) in [5.74, 6) is 0. The van der Waals surface area contributed by atoms with Gasteiger partial charge in [-0.25, -0.2) is 0 Å². The Labute approximate surface area is 109 Å². The van der Waals surface area contributed by atoms with Crippen molar-refractivity contribution in [2.45, 2.75) is 45.1 Å². The third-order valence-electron chi connectivity index (χ3n) is 3.57. The average molecular weight is 251 g/mol. The molecule has 0 spiro atoms. The fourth-order valence-corrected chi connectivity index (χ4v) is 2.44. The molecular weight excluding hydrogens is 226 g/mol. The van der Waals surface area contributed by atoms with Gasteiger partial charge in [-0.2, -0.15) is 0 Å². The quantitative estimate of drug-likeness (QED) is 0.736. The van der Waals surface area contributed by atoms with Crippen LogP contribution in [0.4, 0.5) is 0 Å². The second kappa shape index (κ2) is 7.48. The minimum Gasteiger partial charge on any atom is -0.330 e. The first-order chi connectivity index (χ1) is 8.88. The molecule has 1 fully saturated rings. The molecule has 2 N–H and O–H groups in total. The van der Waals surface area contributed by atoms with Crippen molar-refractivity contribution in [1.29, 1.82) is 0 Å². The number of aromatic nitrogens is 3. The number of likely N-dealkylation sites (tertiary alicyclic amines) is 1. The van der Waals surface area contributed by atoms with Crippen molar-refractivity contribution in [3.63, 3.8) is 0 Å². The van der Waals surface area contributed by atoms with Crippen LogP contribution in [0.25, 0.3) is 0 Å². The number of aryl methyl sites for hydroxylation is 1. The molecule has 1 aliphatic heterocycles. The van der Waals surface area contributed by atoms with Crippen LogP contribution >= 0.6 is 0 Å². The van der Waals surface area contributed by atoms with E-state index in [1.54, 1.807) is 0 Å². The molecule has 2 rings (SSSR count). The summed E-state index contributed by atoms with van der Waals surface area (Å²) in [5.41, 5.74) is 6.58. The minimum atomic E-state index is 0.767. The van der Waals surface area contributed by atoms with Crippen LogP contribution in [-0.2, 0) is 13.0 Å². The van der Waals surface area contributed by atoms with Crippen molar-refractivity contribution in [3.8, 4) is 0 Å². The predicted octanol–water partition coefficient (Wildman–Crippen LogP) is 1.05. The highest BCUT2D eigenvalue weighted by Crippen LogP contribution is 2.08. The standard InChI is InChI=1S/C13H25N5/c14-7-3-2-6-13-12-18(16-15-13)11-10-17-8-4-1-5-9-17/h12H,1-11,14H2. The van der Waals surface area contributed by atoms with Gasteiger partial charge in [-0.1, -0.05) is 11.6 Å². The number of nitrogens with zero attached hydrogens (tertiary/aromatic N) is 4. The number of piperidine rings is 1. The first-order valence-corrected chi connectivity index (χ1v) is 7.20. The Morgan fingerprint density at radius 2 is 1.94 bits per heavy atom. The van der Waals surface area contributed by atoms with Gasteiger partial charge in [-0.05, 0) is 51.7 Å². The Bertz CT molecular complexity index is 330. The van der Waals surface area contributed by atoms with Crippen LogP contribution in [0.15, 0.2) is 6.20 Å². The topological polar surface area (TPSA) is 60.0 Å². The lowest BCUT2D eigenvalue weighted by Gasteiger charge is -2.25. The number of unbranched alkanes of at least 4 members (excludes halogenated alkanes) is 1. The first kappa shape index (κ1) is 13.5. The van der Waals surface area contributed by atoms with E-state index in [0.29, 0.717) is 0 Å². The second-order valence-electron chi connectivity index (χ2n) is 5.12. The zero-order valence-electron chi connectivity index (χ0n) is 11.2. The lowest BCUT2D eigenvalue weighted by Crippen LogP contribution is -2.32. The van der Waals surface area contributed by atoms with Gasteiger partial charge < -0.3 is 10.6 Å². The molecule has 1 aromatic heterocycles. The van der Waals surface area contributed by atoms with Crippen LogP contribution in [-0.4, -0.2) is 46.1 Å². The van der Waals surface area contributed by atoms with E-state index in [9.17, 15) is 0 Å².